The van der Waals surface area contributed by atoms with E-state index in [0.29, 0.717) is 23.8 Å². The van der Waals surface area contributed by atoms with Crippen molar-refractivity contribution in [3.63, 3.8) is 0 Å². The SMILES string of the molecule is C[C@@H]1CN2C[C@H](NC(=O)c3cc(C4CC4)n(C)n3)C[C@H]2CO1. The Kier molecular flexibility index (Phi) is 3.46. The molecule has 6 heteroatoms. The average molecular weight is 304 g/mol. The Bertz CT molecular complexity index is 581. The van der Waals surface area contributed by atoms with E-state index < -0.39 is 0 Å². The van der Waals surface area contributed by atoms with E-state index in [1.807, 2.05) is 17.8 Å². The third kappa shape index (κ3) is 2.65. The third-order valence-corrected chi connectivity index (χ3v) is 5.07. The van der Waals surface area contributed by atoms with Crippen LogP contribution in [0.15, 0.2) is 6.07 Å². The van der Waals surface area contributed by atoms with Gasteiger partial charge in [-0.1, -0.05) is 0 Å². The molecule has 0 radical (unpaired) electrons. The second-order valence-electron chi connectivity index (χ2n) is 7.01. The second-order valence-corrected chi connectivity index (χ2v) is 7.01. The zero-order chi connectivity index (χ0) is 15.3. The average Bonchev–Trinajstić information content (AvgIpc) is 3.13. The van der Waals surface area contributed by atoms with E-state index in [0.717, 1.165) is 26.1 Å². The third-order valence-electron chi connectivity index (χ3n) is 5.07. The minimum absolute atomic E-state index is 0.0405. The van der Waals surface area contributed by atoms with E-state index in [2.05, 4.69) is 22.2 Å². The smallest absolute Gasteiger partial charge is 0.272 e. The molecule has 2 aliphatic heterocycles. The van der Waals surface area contributed by atoms with Crippen LogP contribution >= 0.6 is 0 Å². The lowest BCUT2D eigenvalue weighted by Crippen LogP contribution is -2.45. The van der Waals surface area contributed by atoms with Gasteiger partial charge in [-0.3, -0.25) is 14.4 Å². The Labute approximate surface area is 130 Å². The van der Waals surface area contributed by atoms with E-state index in [1.165, 1.54) is 18.5 Å². The first-order valence-corrected chi connectivity index (χ1v) is 8.30. The highest BCUT2D eigenvalue weighted by molar-refractivity contribution is 5.92. The number of fused-ring (bicyclic) bond motifs is 1. The summed E-state index contributed by atoms with van der Waals surface area (Å²) in [5.74, 6) is 0.569. The summed E-state index contributed by atoms with van der Waals surface area (Å²) in [5, 5.41) is 7.54. The molecule has 2 saturated heterocycles. The van der Waals surface area contributed by atoms with Crippen molar-refractivity contribution >= 4 is 5.91 Å². The summed E-state index contributed by atoms with van der Waals surface area (Å²) in [5.41, 5.74) is 1.75. The van der Waals surface area contributed by atoms with Gasteiger partial charge in [-0.25, -0.2) is 0 Å². The van der Waals surface area contributed by atoms with Crippen molar-refractivity contribution in [1.82, 2.24) is 20.0 Å². The Morgan fingerprint density at radius 1 is 1.41 bits per heavy atom. The van der Waals surface area contributed by atoms with Gasteiger partial charge in [0.05, 0.1) is 12.7 Å². The molecule has 1 N–H and O–H groups in total. The van der Waals surface area contributed by atoms with Crippen molar-refractivity contribution < 1.29 is 9.53 Å². The molecule has 22 heavy (non-hydrogen) atoms. The summed E-state index contributed by atoms with van der Waals surface area (Å²) in [4.78, 5) is 14.9. The van der Waals surface area contributed by atoms with Crippen LogP contribution in [0.25, 0.3) is 0 Å². The number of nitrogens with one attached hydrogen (secondary N) is 1. The summed E-state index contributed by atoms with van der Waals surface area (Å²) < 4.78 is 7.57. The first-order valence-electron chi connectivity index (χ1n) is 8.30. The van der Waals surface area contributed by atoms with E-state index >= 15 is 0 Å². The topological polar surface area (TPSA) is 59.4 Å². The molecule has 0 unspecified atom stereocenters. The van der Waals surface area contributed by atoms with Crippen molar-refractivity contribution in [3.05, 3.63) is 17.5 Å². The zero-order valence-electron chi connectivity index (χ0n) is 13.3. The zero-order valence-corrected chi connectivity index (χ0v) is 13.3. The van der Waals surface area contributed by atoms with Gasteiger partial charge in [0.2, 0.25) is 0 Å². The lowest BCUT2D eigenvalue weighted by atomic mass is 10.1. The second kappa shape index (κ2) is 5.35. The number of rotatable bonds is 3. The molecule has 1 aromatic rings. The van der Waals surface area contributed by atoms with Crippen LogP contribution in [-0.2, 0) is 11.8 Å². The van der Waals surface area contributed by atoms with Crippen molar-refractivity contribution in [1.29, 1.82) is 0 Å². The number of morpholine rings is 1. The van der Waals surface area contributed by atoms with E-state index in [9.17, 15) is 4.79 Å². The highest BCUT2D eigenvalue weighted by Crippen LogP contribution is 2.39. The largest absolute Gasteiger partial charge is 0.376 e. The van der Waals surface area contributed by atoms with Gasteiger partial charge in [-0.05, 0) is 32.3 Å². The van der Waals surface area contributed by atoms with Crippen molar-refractivity contribution in [2.45, 2.75) is 50.3 Å². The number of ether oxygens (including phenoxy) is 1. The number of aryl methyl sites for hydroxylation is 1. The molecule has 3 heterocycles. The van der Waals surface area contributed by atoms with Crippen LogP contribution in [0.3, 0.4) is 0 Å². The summed E-state index contributed by atoms with van der Waals surface area (Å²) in [6.07, 6.45) is 3.71. The Morgan fingerprint density at radius 2 is 2.23 bits per heavy atom. The molecule has 1 amide bonds. The fraction of sp³-hybridized carbons (Fsp3) is 0.750. The maximum absolute atomic E-state index is 12.4. The highest BCUT2D eigenvalue weighted by Gasteiger charge is 2.37. The maximum atomic E-state index is 12.4. The van der Waals surface area contributed by atoms with Gasteiger partial charge in [0, 0.05) is 43.8 Å². The van der Waals surface area contributed by atoms with Crippen LogP contribution < -0.4 is 5.32 Å². The summed E-state index contributed by atoms with van der Waals surface area (Å²) >= 11 is 0. The van der Waals surface area contributed by atoms with Crippen LogP contribution in [0.2, 0.25) is 0 Å². The maximum Gasteiger partial charge on any atom is 0.272 e. The first-order chi connectivity index (χ1) is 10.6. The van der Waals surface area contributed by atoms with Crippen molar-refractivity contribution in [3.8, 4) is 0 Å². The monoisotopic (exact) mass is 304 g/mol. The first kappa shape index (κ1) is 14.2. The molecule has 4 rings (SSSR count). The fourth-order valence-corrected chi connectivity index (χ4v) is 3.76. The molecular weight excluding hydrogens is 280 g/mol. The van der Waals surface area contributed by atoms with Gasteiger partial charge < -0.3 is 10.1 Å². The van der Waals surface area contributed by atoms with Gasteiger partial charge in [0.25, 0.3) is 5.91 Å². The Morgan fingerprint density at radius 3 is 3.00 bits per heavy atom. The lowest BCUT2D eigenvalue weighted by molar-refractivity contribution is -0.0390. The molecule has 1 aliphatic carbocycles. The van der Waals surface area contributed by atoms with Gasteiger partial charge in [-0.2, -0.15) is 5.10 Å². The van der Waals surface area contributed by atoms with Crippen molar-refractivity contribution in [2.75, 3.05) is 19.7 Å². The lowest BCUT2D eigenvalue weighted by Gasteiger charge is -2.33. The highest BCUT2D eigenvalue weighted by atomic mass is 16.5. The molecule has 0 spiro atoms. The standard InChI is InChI=1S/C16H24N4O2/c1-10-7-20-8-12(5-13(20)9-22-10)17-16(21)14-6-15(11-3-4-11)19(2)18-14/h6,10-13H,3-5,7-9H2,1-2H3,(H,17,21)/t10-,12-,13+/m1/s1. The minimum Gasteiger partial charge on any atom is -0.376 e. The van der Waals surface area contributed by atoms with Crippen LogP contribution in [0.5, 0.6) is 0 Å². The van der Waals surface area contributed by atoms with Crippen LogP contribution in [0.1, 0.15) is 48.3 Å². The molecular formula is C16H24N4O2. The minimum atomic E-state index is -0.0405. The summed E-state index contributed by atoms with van der Waals surface area (Å²) in [6, 6.07) is 2.62. The summed E-state index contributed by atoms with van der Waals surface area (Å²) in [6.45, 7) is 4.78. The predicted molar refractivity (Wildman–Crippen MR) is 81.8 cm³/mol. The molecule has 1 aromatic heterocycles. The summed E-state index contributed by atoms with van der Waals surface area (Å²) in [7, 11) is 1.93. The van der Waals surface area contributed by atoms with Crippen LogP contribution in [0, 0.1) is 0 Å². The molecule has 3 fully saturated rings. The molecule has 0 bridgehead atoms. The number of aromatic nitrogens is 2. The molecule has 0 aromatic carbocycles. The number of carbonyl (C=O) groups excluding carboxylic acids is 1. The van der Waals surface area contributed by atoms with Crippen molar-refractivity contribution in [2.24, 2.45) is 7.05 Å². The van der Waals surface area contributed by atoms with E-state index in [1.54, 1.807) is 0 Å². The number of hydrogen-bond donors (Lipinski definition) is 1. The Hall–Kier alpha value is -1.40. The number of amides is 1. The fourth-order valence-electron chi connectivity index (χ4n) is 3.76. The molecule has 3 aliphatic rings. The number of nitrogens with zero attached hydrogens (tertiary/aromatic N) is 3. The molecule has 1 saturated carbocycles. The van der Waals surface area contributed by atoms with Crippen LogP contribution in [0.4, 0.5) is 0 Å². The Balaban J connectivity index is 1.39. The molecule has 6 nitrogen and oxygen atoms in total. The van der Waals surface area contributed by atoms with E-state index in [-0.39, 0.29) is 11.9 Å². The van der Waals surface area contributed by atoms with E-state index in [4.69, 9.17) is 4.74 Å². The van der Waals surface area contributed by atoms with Crippen LogP contribution in [-0.4, -0.2) is 58.5 Å². The predicted octanol–water partition coefficient (Wildman–Crippen LogP) is 0.889. The van der Waals surface area contributed by atoms with Gasteiger partial charge >= 0.3 is 0 Å². The number of hydrogen-bond acceptors (Lipinski definition) is 4. The quantitative estimate of drug-likeness (QED) is 0.901. The molecule has 120 valence electrons. The normalized spacial score (nSPS) is 32.0. The van der Waals surface area contributed by atoms with Gasteiger partial charge in [0.1, 0.15) is 5.69 Å². The van der Waals surface area contributed by atoms with Gasteiger partial charge in [0.15, 0.2) is 0 Å². The molecule has 3 atom stereocenters. The van der Waals surface area contributed by atoms with Gasteiger partial charge in [-0.15, -0.1) is 0 Å². The number of carbonyl (C=O) groups is 1.